The molecule has 1 unspecified atom stereocenters. The smallest absolute Gasteiger partial charge is 0.319 e. The Balaban J connectivity index is 1.26. The number of nitrogens with zero attached hydrogens (tertiary/aromatic N) is 5. The maximum atomic E-state index is 13.3. The summed E-state index contributed by atoms with van der Waals surface area (Å²) in [6, 6.07) is 4.46. The van der Waals surface area contributed by atoms with Gasteiger partial charge < -0.3 is 15.1 Å². The minimum absolute atomic E-state index is 0.0678. The van der Waals surface area contributed by atoms with Gasteiger partial charge in [0.1, 0.15) is 5.69 Å². The predicted octanol–water partition coefficient (Wildman–Crippen LogP) is 2.22. The van der Waals surface area contributed by atoms with Crippen LogP contribution in [0.3, 0.4) is 0 Å². The Morgan fingerprint density at radius 1 is 1.29 bits per heavy atom. The fourth-order valence-corrected chi connectivity index (χ4v) is 5.00. The van der Waals surface area contributed by atoms with Gasteiger partial charge in [-0.1, -0.05) is 6.92 Å². The van der Waals surface area contributed by atoms with Crippen LogP contribution in [0.15, 0.2) is 18.3 Å². The zero-order chi connectivity index (χ0) is 21.5. The summed E-state index contributed by atoms with van der Waals surface area (Å²) in [5.41, 5.74) is 3.18. The molecule has 3 amide bonds. The van der Waals surface area contributed by atoms with Crippen LogP contribution in [0, 0.1) is 0 Å². The summed E-state index contributed by atoms with van der Waals surface area (Å²) in [4.78, 5) is 36.5. The molecule has 2 saturated heterocycles. The third-order valence-electron chi connectivity index (χ3n) is 6.80. The molecule has 0 radical (unpaired) electrons. The van der Waals surface area contributed by atoms with Gasteiger partial charge >= 0.3 is 6.03 Å². The zero-order valence-corrected chi connectivity index (χ0v) is 18.1. The first-order valence-corrected chi connectivity index (χ1v) is 11.2. The van der Waals surface area contributed by atoms with Gasteiger partial charge in [-0.3, -0.25) is 19.8 Å². The van der Waals surface area contributed by atoms with Crippen LogP contribution < -0.4 is 5.32 Å². The van der Waals surface area contributed by atoms with Crippen molar-refractivity contribution in [3.8, 4) is 0 Å². The van der Waals surface area contributed by atoms with E-state index in [-0.39, 0.29) is 18.0 Å². The van der Waals surface area contributed by atoms with Gasteiger partial charge in [-0.15, -0.1) is 0 Å². The number of carbonyl (C=O) groups excluding carboxylic acids is 2. The van der Waals surface area contributed by atoms with E-state index in [0.717, 1.165) is 42.9 Å². The molecule has 0 saturated carbocycles. The molecule has 9 nitrogen and oxygen atoms in total. The normalized spacial score (nSPS) is 23.0. The molecular weight excluding hydrogens is 394 g/mol. The Hall–Kier alpha value is -2.94. The molecule has 5 rings (SSSR count). The average molecular weight is 424 g/mol. The number of hydrogen-bond acceptors (Lipinski definition) is 5. The lowest BCUT2D eigenvalue weighted by Crippen LogP contribution is -2.58. The first-order chi connectivity index (χ1) is 15.0. The third kappa shape index (κ3) is 3.67. The van der Waals surface area contributed by atoms with Crippen molar-refractivity contribution in [2.75, 3.05) is 25.0 Å². The number of anilines is 1. The lowest BCUT2D eigenvalue weighted by Gasteiger charge is -2.43. The van der Waals surface area contributed by atoms with Crippen molar-refractivity contribution in [3.63, 3.8) is 0 Å². The van der Waals surface area contributed by atoms with Gasteiger partial charge in [0.25, 0.3) is 5.91 Å². The Bertz CT molecular complexity index is 1000. The van der Waals surface area contributed by atoms with Crippen molar-refractivity contribution >= 4 is 17.8 Å². The van der Waals surface area contributed by atoms with E-state index in [2.05, 4.69) is 32.3 Å². The Morgan fingerprint density at radius 2 is 2.16 bits per heavy atom. The number of hydrogen-bond donors (Lipinski definition) is 2. The molecule has 3 aliphatic heterocycles. The second-order valence-electron chi connectivity index (χ2n) is 8.82. The number of amides is 3. The molecule has 2 atom stereocenters. The lowest BCUT2D eigenvalue weighted by molar-refractivity contribution is 0.0624. The number of fused-ring (bicyclic) bond motifs is 2. The fraction of sp³-hybridized carbons (Fsp3) is 0.545. The van der Waals surface area contributed by atoms with Crippen LogP contribution in [-0.4, -0.2) is 73.5 Å². The summed E-state index contributed by atoms with van der Waals surface area (Å²) >= 11 is 0. The molecule has 2 fully saturated rings. The number of aromatic amines is 1. The summed E-state index contributed by atoms with van der Waals surface area (Å²) in [5, 5.41) is 10.1. The van der Waals surface area contributed by atoms with Crippen molar-refractivity contribution in [2.45, 2.75) is 58.3 Å². The number of aromatic nitrogens is 3. The number of rotatable bonds is 3. The van der Waals surface area contributed by atoms with Crippen LogP contribution >= 0.6 is 0 Å². The fourth-order valence-electron chi connectivity index (χ4n) is 5.00. The third-order valence-corrected chi connectivity index (χ3v) is 6.80. The molecule has 0 spiro atoms. The molecule has 5 heterocycles. The molecule has 2 aromatic heterocycles. The predicted molar refractivity (Wildman–Crippen MR) is 116 cm³/mol. The Kier molecular flexibility index (Phi) is 5.13. The van der Waals surface area contributed by atoms with Gasteiger partial charge in [-0.05, 0) is 50.4 Å². The van der Waals surface area contributed by atoms with Crippen LogP contribution in [0.2, 0.25) is 0 Å². The van der Waals surface area contributed by atoms with E-state index in [9.17, 15) is 9.59 Å². The summed E-state index contributed by atoms with van der Waals surface area (Å²) in [6.45, 7) is 7.99. The van der Waals surface area contributed by atoms with Crippen LogP contribution in [0.1, 0.15) is 54.0 Å². The van der Waals surface area contributed by atoms with Gasteiger partial charge in [0.05, 0.1) is 18.8 Å². The average Bonchev–Trinajstić information content (AvgIpc) is 3.49. The van der Waals surface area contributed by atoms with Gasteiger partial charge in [-0.25, -0.2) is 4.79 Å². The lowest BCUT2D eigenvalue weighted by atomic mass is 10.1. The second-order valence-corrected chi connectivity index (χ2v) is 8.82. The molecule has 31 heavy (non-hydrogen) atoms. The number of carbonyl (C=O) groups is 2. The molecule has 2 aromatic rings. The standard InChI is InChI=1S/C22H29N7O2/c1-3-15-6-7-23-18(9-15)21(30)24-20-17-12-28(13-19(17)25-26-20)22(31)29-11-16-5-4-8-27(16)10-14(29)2/h6-7,9,14,16H,3-5,8,10-13H2,1-2H3,(H2,24,25,26,30)/t14?,16-/m0/s1. The molecule has 0 aliphatic carbocycles. The highest BCUT2D eigenvalue weighted by Gasteiger charge is 2.39. The van der Waals surface area contributed by atoms with Crippen molar-refractivity contribution < 1.29 is 9.59 Å². The summed E-state index contributed by atoms with van der Waals surface area (Å²) < 4.78 is 0. The first kappa shape index (κ1) is 20.0. The van der Waals surface area contributed by atoms with E-state index < -0.39 is 0 Å². The zero-order valence-electron chi connectivity index (χ0n) is 18.1. The Morgan fingerprint density at radius 3 is 3.00 bits per heavy atom. The van der Waals surface area contributed by atoms with E-state index in [1.54, 1.807) is 12.3 Å². The molecule has 0 aromatic carbocycles. The number of nitrogens with one attached hydrogen (secondary N) is 2. The topological polar surface area (TPSA) is 97.5 Å². The number of H-pyrrole nitrogens is 1. The summed E-state index contributed by atoms with van der Waals surface area (Å²) in [6.07, 6.45) is 4.88. The molecule has 9 heteroatoms. The van der Waals surface area contributed by atoms with E-state index >= 15 is 0 Å². The number of aryl methyl sites for hydroxylation is 1. The van der Waals surface area contributed by atoms with Crippen molar-refractivity contribution in [1.29, 1.82) is 0 Å². The summed E-state index contributed by atoms with van der Waals surface area (Å²) in [5.74, 6) is 0.188. The van der Waals surface area contributed by atoms with Gasteiger partial charge in [0, 0.05) is 36.9 Å². The largest absolute Gasteiger partial charge is 0.321 e. The van der Waals surface area contributed by atoms with E-state index in [0.29, 0.717) is 30.6 Å². The van der Waals surface area contributed by atoms with Crippen LogP contribution in [0.5, 0.6) is 0 Å². The van der Waals surface area contributed by atoms with Crippen molar-refractivity contribution in [2.24, 2.45) is 0 Å². The molecular formula is C22H29N7O2. The highest BCUT2D eigenvalue weighted by molar-refractivity contribution is 6.02. The number of urea groups is 1. The SMILES string of the molecule is CCc1ccnc(C(=O)Nc2n[nH]c3c2CN(C(=O)N2C[C@@H]4CCCN4CC2C)C3)c1. The van der Waals surface area contributed by atoms with Gasteiger partial charge in [-0.2, -0.15) is 5.10 Å². The van der Waals surface area contributed by atoms with Crippen LogP contribution in [0.4, 0.5) is 10.6 Å². The Labute approximate surface area is 181 Å². The van der Waals surface area contributed by atoms with Crippen LogP contribution in [0.25, 0.3) is 0 Å². The molecule has 0 bridgehead atoms. The molecule has 2 N–H and O–H groups in total. The minimum Gasteiger partial charge on any atom is -0.319 e. The maximum Gasteiger partial charge on any atom is 0.321 e. The molecule has 3 aliphatic rings. The highest BCUT2D eigenvalue weighted by atomic mass is 16.2. The number of pyridine rings is 1. The quantitative estimate of drug-likeness (QED) is 0.789. The van der Waals surface area contributed by atoms with Crippen LogP contribution in [-0.2, 0) is 19.5 Å². The molecule has 164 valence electrons. The number of piperazine rings is 1. The van der Waals surface area contributed by atoms with Crippen molar-refractivity contribution in [1.82, 2.24) is 29.9 Å². The first-order valence-electron chi connectivity index (χ1n) is 11.2. The minimum atomic E-state index is -0.291. The van der Waals surface area contributed by atoms with E-state index in [4.69, 9.17) is 0 Å². The monoisotopic (exact) mass is 423 g/mol. The maximum absolute atomic E-state index is 13.3. The second kappa shape index (κ2) is 7.96. The van der Waals surface area contributed by atoms with E-state index in [1.165, 1.54) is 12.8 Å². The van der Waals surface area contributed by atoms with Gasteiger partial charge in [0.2, 0.25) is 0 Å². The van der Waals surface area contributed by atoms with Crippen molar-refractivity contribution in [3.05, 3.63) is 40.8 Å². The van der Waals surface area contributed by atoms with Gasteiger partial charge in [0.15, 0.2) is 5.82 Å². The summed E-state index contributed by atoms with van der Waals surface area (Å²) in [7, 11) is 0. The highest BCUT2D eigenvalue weighted by Crippen LogP contribution is 2.30. The van der Waals surface area contributed by atoms with E-state index in [1.807, 2.05) is 22.8 Å².